The molecule has 1 aromatic carbocycles. The second-order valence-corrected chi connectivity index (χ2v) is 5.78. The van der Waals surface area contributed by atoms with Gasteiger partial charge >= 0.3 is 0 Å². The number of aliphatic hydroxyl groups excluding tert-OH is 1. The van der Waals surface area contributed by atoms with Crippen molar-refractivity contribution < 1.29 is 9.90 Å². The lowest BCUT2D eigenvalue weighted by atomic mass is 10.1. The number of aliphatic hydroxyl groups is 1. The Morgan fingerprint density at radius 1 is 1.47 bits per heavy atom. The fourth-order valence-corrected chi connectivity index (χ4v) is 2.81. The maximum Gasteiger partial charge on any atom is 0.238 e. The normalized spacial score (nSPS) is 19.6. The van der Waals surface area contributed by atoms with Crippen LogP contribution in [0.5, 0.6) is 0 Å². The first-order chi connectivity index (χ1) is 9.19. The van der Waals surface area contributed by atoms with Crippen LogP contribution < -0.4 is 5.32 Å². The average Bonchev–Trinajstić information content (AvgIpc) is 2.80. The molecule has 4 nitrogen and oxygen atoms in total. The van der Waals surface area contributed by atoms with Gasteiger partial charge in [-0.05, 0) is 53.4 Å². The number of anilines is 1. The topological polar surface area (TPSA) is 52.6 Å². The van der Waals surface area contributed by atoms with Crippen LogP contribution in [0.2, 0.25) is 0 Å². The van der Waals surface area contributed by atoms with E-state index >= 15 is 0 Å². The molecule has 0 bridgehead atoms. The lowest BCUT2D eigenvalue weighted by molar-refractivity contribution is -0.117. The second-order valence-electron chi connectivity index (χ2n) is 4.93. The molecule has 19 heavy (non-hydrogen) atoms. The number of likely N-dealkylation sites (tertiary alicyclic amines) is 1. The molecule has 104 valence electrons. The van der Waals surface area contributed by atoms with Gasteiger partial charge in [-0.25, -0.2) is 0 Å². The molecule has 0 saturated carbocycles. The number of benzene rings is 1. The maximum atomic E-state index is 12.0. The van der Waals surface area contributed by atoms with Crippen LogP contribution in [-0.2, 0) is 4.79 Å². The van der Waals surface area contributed by atoms with Gasteiger partial charge in [0.15, 0.2) is 0 Å². The van der Waals surface area contributed by atoms with Crippen LogP contribution in [0.3, 0.4) is 0 Å². The standard InChI is InChI=1S/C14H19BrN2O2/c15-12-3-1-2-4-13(12)16-14(19)10-17-7-5-11(9-17)6-8-18/h1-4,11,18H,5-10H2,(H,16,19). The van der Waals surface area contributed by atoms with E-state index in [2.05, 4.69) is 26.1 Å². The summed E-state index contributed by atoms with van der Waals surface area (Å²) >= 11 is 3.41. The van der Waals surface area contributed by atoms with Crippen LogP contribution in [-0.4, -0.2) is 42.2 Å². The van der Waals surface area contributed by atoms with E-state index in [-0.39, 0.29) is 12.5 Å². The van der Waals surface area contributed by atoms with Crippen molar-refractivity contribution in [2.45, 2.75) is 12.8 Å². The first-order valence-corrected chi connectivity index (χ1v) is 7.36. The predicted octanol–water partition coefficient (Wildman–Crippen LogP) is 2.09. The number of nitrogens with zero attached hydrogens (tertiary/aromatic N) is 1. The molecule has 1 aromatic rings. The molecule has 0 radical (unpaired) electrons. The molecule has 1 amide bonds. The molecule has 0 aromatic heterocycles. The van der Waals surface area contributed by atoms with Gasteiger partial charge in [0.2, 0.25) is 5.91 Å². The Balaban J connectivity index is 1.81. The highest BCUT2D eigenvalue weighted by atomic mass is 79.9. The van der Waals surface area contributed by atoms with Crippen molar-refractivity contribution in [3.63, 3.8) is 0 Å². The first kappa shape index (κ1) is 14.5. The average molecular weight is 327 g/mol. The lowest BCUT2D eigenvalue weighted by Crippen LogP contribution is -2.31. The van der Waals surface area contributed by atoms with E-state index in [1.54, 1.807) is 0 Å². The maximum absolute atomic E-state index is 12.0. The van der Waals surface area contributed by atoms with Gasteiger partial charge in [-0.2, -0.15) is 0 Å². The second kappa shape index (κ2) is 7.03. The molecule has 1 aliphatic rings. The zero-order valence-corrected chi connectivity index (χ0v) is 12.4. The Morgan fingerprint density at radius 2 is 2.26 bits per heavy atom. The van der Waals surface area contributed by atoms with Gasteiger partial charge in [0.1, 0.15) is 0 Å². The smallest absolute Gasteiger partial charge is 0.238 e. The minimum atomic E-state index is 0.0107. The Morgan fingerprint density at radius 3 is 3.00 bits per heavy atom. The van der Waals surface area contributed by atoms with Gasteiger partial charge in [-0.3, -0.25) is 9.69 Å². The molecule has 1 saturated heterocycles. The Labute approximate surface area is 121 Å². The van der Waals surface area contributed by atoms with E-state index in [1.165, 1.54) is 0 Å². The summed E-state index contributed by atoms with van der Waals surface area (Å²) in [5, 5.41) is 11.8. The largest absolute Gasteiger partial charge is 0.396 e. The van der Waals surface area contributed by atoms with E-state index < -0.39 is 0 Å². The van der Waals surface area contributed by atoms with E-state index in [1.807, 2.05) is 24.3 Å². The number of nitrogens with one attached hydrogen (secondary N) is 1. The minimum absolute atomic E-state index is 0.0107. The van der Waals surface area contributed by atoms with E-state index in [4.69, 9.17) is 5.11 Å². The minimum Gasteiger partial charge on any atom is -0.396 e. The number of carbonyl (C=O) groups is 1. The highest BCUT2D eigenvalue weighted by Crippen LogP contribution is 2.22. The fourth-order valence-electron chi connectivity index (χ4n) is 2.43. The Kier molecular flexibility index (Phi) is 5.36. The zero-order valence-electron chi connectivity index (χ0n) is 10.8. The molecule has 2 rings (SSSR count). The quantitative estimate of drug-likeness (QED) is 0.871. The van der Waals surface area contributed by atoms with Crippen molar-refractivity contribution in [2.75, 3.05) is 31.6 Å². The van der Waals surface area contributed by atoms with Crippen LogP contribution in [0.15, 0.2) is 28.7 Å². The summed E-state index contributed by atoms with van der Waals surface area (Å²) in [6.45, 7) is 2.50. The molecule has 1 unspecified atom stereocenters. The third-order valence-corrected chi connectivity index (χ3v) is 4.11. The molecule has 1 aliphatic heterocycles. The van der Waals surface area contributed by atoms with Crippen molar-refractivity contribution in [3.8, 4) is 0 Å². The molecule has 2 N–H and O–H groups in total. The van der Waals surface area contributed by atoms with Crippen molar-refractivity contribution in [1.82, 2.24) is 4.90 Å². The van der Waals surface area contributed by atoms with E-state index in [0.29, 0.717) is 12.5 Å². The van der Waals surface area contributed by atoms with E-state index in [9.17, 15) is 4.79 Å². The molecular formula is C14H19BrN2O2. The molecule has 0 aliphatic carbocycles. The van der Waals surface area contributed by atoms with Gasteiger partial charge in [0.25, 0.3) is 0 Å². The van der Waals surface area contributed by atoms with Crippen LogP contribution >= 0.6 is 15.9 Å². The van der Waals surface area contributed by atoms with Gasteiger partial charge < -0.3 is 10.4 Å². The highest BCUT2D eigenvalue weighted by molar-refractivity contribution is 9.10. The van der Waals surface area contributed by atoms with Crippen molar-refractivity contribution in [3.05, 3.63) is 28.7 Å². The van der Waals surface area contributed by atoms with Gasteiger partial charge in [-0.15, -0.1) is 0 Å². The third-order valence-electron chi connectivity index (χ3n) is 3.42. The molecule has 1 fully saturated rings. The molecule has 5 heteroatoms. The summed E-state index contributed by atoms with van der Waals surface area (Å²) in [5.41, 5.74) is 0.804. The van der Waals surface area contributed by atoms with Crippen LogP contribution in [0, 0.1) is 5.92 Å². The van der Waals surface area contributed by atoms with Crippen molar-refractivity contribution in [2.24, 2.45) is 5.92 Å². The van der Waals surface area contributed by atoms with Crippen LogP contribution in [0.25, 0.3) is 0 Å². The number of para-hydroxylation sites is 1. The molecular weight excluding hydrogens is 308 g/mol. The summed E-state index contributed by atoms with van der Waals surface area (Å²) in [5.74, 6) is 0.540. The van der Waals surface area contributed by atoms with Gasteiger partial charge in [0.05, 0.1) is 12.2 Å². The Hall–Kier alpha value is -0.910. The number of hydrogen-bond donors (Lipinski definition) is 2. The summed E-state index contributed by atoms with van der Waals surface area (Å²) in [4.78, 5) is 14.1. The predicted molar refractivity (Wildman–Crippen MR) is 79.0 cm³/mol. The molecule has 1 atom stereocenters. The zero-order chi connectivity index (χ0) is 13.7. The van der Waals surface area contributed by atoms with Crippen LogP contribution in [0.4, 0.5) is 5.69 Å². The summed E-state index contributed by atoms with van der Waals surface area (Å²) in [7, 11) is 0. The summed E-state index contributed by atoms with van der Waals surface area (Å²) in [6, 6.07) is 7.59. The lowest BCUT2D eigenvalue weighted by Gasteiger charge is -2.15. The highest BCUT2D eigenvalue weighted by Gasteiger charge is 2.23. The SMILES string of the molecule is O=C(CN1CCC(CCO)C1)Nc1ccccc1Br. The Bertz CT molecular complexity index is 439. The molecule has 1 heterocycles. The number of halogens is 1. The van der Waals surface area contributed by atoms with Crippen molar-refractivity contribution >= 4 is 27.5 Å². The monoisotopic (exact) mass is 326 g/mol. The van der Waals surface area contributed by atoms with Crippen LogP contribution in [0.1, 0.15) is 12.8 Å². The van der Waals surface area contributed by atoms with Gasteiger partial charge in [-0.1, -0.05) is 12.1 Å². The summed E-state index contributed by atoms with van der Waals surface area (Å²) in [6.07, 6.45) is 1.91. The number of amides is 1. The van der Waals surface area contributed by atoms with E-state index in [0.717, 1.165) is 36.1 Å². The van der Waals surface area contributed by atoms with Gasteiger partial charge in [0, 0.05) is 17.6 Å². The number of hydrogen-bond acceptors (Lipinski definition) is 3. The van der Waals surface area contributed by atoms with Crippen molar-refractivity contribution in [1.29, 1.82) is 0 Å². The fraction of sp³-hybridized carbons (Fsp3) is 0.500. The number of carbonyl (C=O) groups excluding carboxylic acids is 1. The first-order valence-electron chi connectivity index (χ1n) is 6.56. The summed E-state index contributed by atoms with van der Waals surface area (Å²) < 4.78 is 0.892. The third kappa shape index (κ3) is 4.30. The number of rotatable bonds is 5. The molecule has 0 spiro atoms.